The van der Waals surface area contributed by atoms with Gasteiger partial charge in [-0.05, 0) is 54.0 Å². The molecule has 11 heteroatoms. The van der Waals surface area contributed by atoms with Gasteiger partial charge in [0.25, 0.3) is 11.7 Å². The normalized spacial score (nSPS) is 14.1. The number of hydrogen-bond donors (Lipinski definition) is 3. The highest BCUT2D eigenvalue weighted by atomic mass is 16.6. The van der Waals surface area contributed by atoms with E-state index >= 15 is 0 Å². The van der Waals surface area contributed by atoms with Gasteiger partial charge in [0.2, 0.25) is 5.91 Å². The van der Waals surface area contributed by atoms with E-state index < -0.39 is 34.2 Å². The van der Waals surface area contributed by atoms with Crippen molar-refractivity contribution < 1.29 is 24.0 Å². The van der Waals surface area contributed by atoms with Gasteiger partial charge < -0.3 is 25.8 Å². The lowest BCUT2D eigenvalue weighted by molar-refractivity contribution is -0.384. The van der Waals surface area contributed by atoms with Crippen molar-refractivity contribution in [2.45, 2.75) is 78.2 Å². The van der Waals surface area contributed by atoms with Gasteiger partial charge in [0.05, 0.1) is 11.0 Å². The first-order valence-electron chi connectivity index (χ1n) is 10.6. The van der Waals surface area contributed by atoms with E-state index in [-0.39, 0.29) is 30.7 Å². The summed E-state index contributed by atoms with van der Waals surface area (Å²) in [7, 11) is 0. The zero-order chi connectivity index (χ0) is 25.4. The van der Waals surface area contributed by atoms with Gasteiger partial charge >= 0.3 is 6.09 Å². The number of carbonyl (C=O) groups excluding carboxylic acids is 2. The highest BCUT2D eigenvalue weighted by Crippen LogP contribution is 2.14. The molecule has 1 aromatic rings. The number of benzene rings is 1. The van der Waals surface area contributed by atoms with Crippen LogP contribution in [0.2, 0.25) is 0 Å². The monoisotopic (exact) mass is 465 g/mol. The third kappa shape index (κ3) is 11.7. The van der Waals surface area contributed by atoms with Gasteiger partial charge in [0, 0.05) is 25.1 Å². The van der Waals surface area contributed by atoms with E-state index in [4.69, 9.17) is 15.2 Å². The van der Waals surface area contributed by atoms with Gasteiger partial charge in [-0.2, -0.15) is 0 Å². The molecule has 0 spiro atoms. The predicted molar refractivity (Wildman–Crippen MR) is 125 cm³/mol. The van der Waals surface area contributed by atoms with E-state index in [1.165, 1.54) is 24.3 Å². The number of nitrogens with zero attached hydrogens (tertiary/aromatic N) is 2. The molecule has 0 saturated carbocycles. The first-order chi connectivity index (χ1) is 15.1. The van der Waals surface area contributed by atoms with Crippen molar-refractivity contribution in [3.05, 3.63) is 39.9 Å². The lowest BCUT2D eigenvalue weighted by atomic mass is 10.0. The first-order valence-corrected chi connectivity index (χ1v) is 10.6. The van der Waals surface area contributed by atoms with Crippen molar-refractivity contribution in [3.8, 4) is 0 Å². The fourth-order valence-electron chi connectivity index (χ4n) is 2.62. The highest BCUT2D eigenvalue weighted by Gasteiger charge is 2.25. The Morgan fingerprint density at radius 3 is 2.12 bits per heavy atom. The molecule has 33 heavy (non-hydrogen) atoms. The van der Waals surface area contributed by atoms with Crippen LogP contribution in [0, 0.1) is 10.1 Å². The number of carbonyl (C=O) groups is 2. The number of ether oxygens (including phenoxy) is 2. The number of nitrogens with two attached hydrogens (primary N) is 1. The lowest BCUT2D eigenvalue weighted by Gasteiger charge is -2.24. The predicted octanol–water partition coefficient (Wildman–Crippen LogP) is 2.67. The van der Waals surface area contributed by atoms with Gasteiger partial charge in [-0.25, -0.2) is 9.79 Å². The minimum Gasteiger partial charge on any atom is -0.460 e. The Morgan fingerprint density at radius 2 is 1.64 bits per heavy atom. The van der Waals surface area contributed by atoms with Crippen LogP contribution >= 0.6 is 0 Å². The summed E-state index contributed by atoms with van der Waals surface area (Å²) in [6.45, 7) is 12.6. The topological polar surface area (TPSA) is 158 Å². The maximum atomic E-state index is 12.8. The number of alkyl carbamates (subject to hydrolysis) is 1. The Hall–Kier alpha value is -3.37. The average Bonchev–Trinajstić information content (AvgIpc) is 2.62. The Balaban J connectivity index is 2.88. The molecule has 2 atom stereocenters. The number of aliphatic imine (C=N–C) groups is 1. The van der Waals surface area contributed by atoms with Gasteiger partial charge in [-0.15, -0.1) is 0 Å². The lowest BCUT2D eigenvalue weighted by Crippen LogP contribution is -2.50. The van der Waals surface area contributed by atoms with Crippen LogP contribution in [-0.4, -0.2) is 52.8 Å². The summed E-state index contributed by atoms with van der Waals surface area (Å²) in [4.78, 5) is 39.7. The van der Waals surface area contributed by atoms with Crippen molar-refractivity contribution in [2.24, 2.45) is 10.7 Å². The first kappa shape index (κ1) is 27.7. The summed E-state index contributed by atoms with van der Waals surface area (Å²) in [5.74, 6) is -0.462. The van der Waals surface area contributed by atoms with Crippen LogP contribution in [0.3, 0.4) is 0 Å². The van der Waals surface area contributed by atoms with Crippen molar-refractivity contribution in [1.82, 2.24) is 10.6 Å². The summed E-state index contributed by atoms with van der Waals surface area (Å²) in [5, 5.41) is 16.2. The summed E-state index contributed by atoms with van der Waals surface area (Å²) in [5.41, 5.74) is 5.10. The molecule has 1 rings (SSSR count). The van der Waals surface area contributed by atoms with E-state index in [0.717, 1.165) is 0 Å². The van der Waals surface area contributed by atoms with Crippen LogP contribution in [0.1, 0.15) is 54.0 Å². The SMILES string of the molecule is C[C@@H](CNC(=O)[C@H](Cc1ccc([N+](=O)[O-])cc1)NC(=O)OC(C)(C)C)N=C(N)OC(C)(C)C. The Morgan fingerprint density at radius 1 is 1.09 bits per heavy atom. The van der Waals surface area contributed by atoms with Gasteiger partial charge in [0.1, 0.15) is 17.2 Å². The van der Waals surface area contributed by atoms with Crippen molar-refractivity contribution >= 4 is 23.7 Å². The molecule has 0 heterocycles. The number of nitro benzene ring substituents is 1. The fourth-order valence-corrected chi connectivity index (χ4v) is 2.62. The van der Waals surface area contributed by atoms with E-state index in [0.29, 0.717) is 5.56 Å². The molecule has 1 aromatic carbocycles. The second-order valence-electron chi connectivity index (χ2n) is 9.60. The molecular formula is C22H35N5O6. The summed E-state index contributed by atoms with van der Waals surface area (Å²) in [6.07, 6.45) is -0.644. The number of non-ortho nitro benzene ring substituents is 1. The van der Waals surface area contributed by atoms with Crippen LogP contribution in [0.25, 0.3) is 0 Å². The maximum Gasteiger partial charge on any atom is 0.408 e. The van der Waals surface area contributed by atoms with Crippen LogP contribution < -0.4 is 16.4 Å². The van der Waals surface area contributed by atoms with Crippen LogP contribution in [0.4, 0.5) is 10.5 Å². The smallest absolute Gasteiger partial charge is 0.408 e. The molecule has 0 bridgehead atoms. The molecule has 11 nitrogen and oxygen atoms in total. The number of amidine groups is 1. The summed E-state index contributed by atoms with van der Waals surface area (Å²) >= 11 is 0. The summed E-state index contributed by atoms with van der Waals surface area (Å²) < 4.78 is 10.7. The average molecular weight is 466 g/mol. The molecule has 0 aliphatic heterocycles. The Labute approximate surface area is 194 Å². The zero-order valence-electron chi connectivity index (χ0n) is 20.3. The van der Waals surface area contributed by atoms with Crippen LogP contribution in [0.15, 0.2) is 29.3 Å². The molecule has 0 radical (unpaired) electrons. The van der Waals surface area contributed by atoms with Crippen molar-refractivity contribution in [2.75, 3.05) is 6.54 Å². The minimum absolute atomic E-state index is 0.0126. The second kappa shape index (κ2) is 11.5. The molecule has 0 saturated heterocycles. The maximum absolute atomic E-state index is 12.8. The number of nitro groups is 1. The van der Waals surface area contributed by atoms with E-state index in [9.17, 15) is 19.7 Å². The molecule has 4 N–H and O–H groups in total. The number of nitrogens with one attached hydrogen (secondary N) is 2. The van der Waals surface area contributed by atoms with E-state index in [1.54, 1.807) is 27.7 Å². The molecule has 0 aliphatic rings. The van der Waals surface area contributed by atoms with Gasteiger partial charge in [-0.1, -0.05) is 12.1 Å². The molecule has 0 aliphatic carbocycles. The van der Waals surface area contributed by atoms with E-state index in [1.807, 2.05) is 20.8 Å². The molecule has 184 valence electrons. The molecule has 0 aromatic heterocycles. The van der Waals surface area contributed by atoms with Crippen molar-refractivity contribution in [3.63, 3.8) is 0 Å². The highest BCUT2D eigenvalue weighted by molar-refractivity contribution is 5.86. The Bertz CT molecular complexity index is 856. The van der Waals surface area contributed by atoms with Gasteiger partial charge in [-0.3, -0.25) is 14.9 Å². The molecule has 0 unspecified atom stereocenters. The zero-order valence-corrected chi connectivity index (χ0v) is 20.3. The summed E-state index contributed by atoms with van der Waals surface area (Å²) in [6, 6.07) is 4.41. The number of rotatable bonds is 8. The van der Waals surface area contributed by atoms with Crippen molar-refractivity contribution in [1.29, 1.82) is 0 Å². The number of amides is 2. The standard InChI is InChI=1S/C22H35N5O6/c1-14(25-19(23)32-21(2,3)4)13-24-18(28)17(26-20(29)33-22(5,6)7)12-15-8-10-16(11-9-15)27(30)31/h8-11,14,17H,12-13H2,1-7H3,(H2,23,25)(H,24,28)(H,26,29)/t14-,17-/m0/s1. The fraction of sp³-hybridized carbons (Fsp3) is 0.591. The van der Waals surface area contributed by atoms with Crippen LogP contribution in [0.5, 0.6) is 0 Å². The third-order valence-electron chi connectivity index (χ3n) is 3.92. The molecule has 0 fully saturated rings. The van der Waals surface area contributed by atoms with Gasteiger partial charge in [0.15, 0.2) is 0 Å². The minimum atomic E-state index is -0.972. The number of hydrogen-bond acceptors (Lipinski definition) is 7. The molecule has 2 amide bonds. The molecular weight excluding hydrogens is 430 g/mol. The Kier molecular flexibility index (Phi) is 9.63. The third-order valence-corrected chi connectivity index (χ3v) is 3.92. The van der Waals surface area contributed by atoms with Crippen LogP contribution in [-0.2, 0) is 20.7 Å². The quantitative estimate of drug-likeness (QED) is 0.230. The second-order valence-corrected chi connectivity index (χ2v) is 9.60. The largest absolute Gasteiger partial charge is 0.460 e. The van der Waals surface area contributed by atoms with E-state index in [2.05, 4.69) is 15.6 Å².